The van der Waals surface area contributed by atoms with Crippen LogP contribution in [0.15, 0.2) is 48.5 Å². The number of carbonyl (C=O) groups is 1. The second kappa shape index (κ2) is 5.65. The lowest BCUT2D eigenvalue weighted by Crippen LogP contribution is -2.38. The molecule has 0 aromatic heterocycles. The topological polar surface area (TPSA) is 41.1 Å². The fourth-order valence-electron chi connectivity index (χ4n) is 2.49. The van der Waals surface area contributed by atoms with Crippen molar-refractivity contribution < 1.29 is 4.79 Å². The number of anilines is 1. The summed E-state index contributed by atoms with van der Waals surface area (Å²) in [6, 6.07) is 14.9. The van der Waals surface area contributed by atoms with Gasteiger partial charge in [0.25, 0.3) is 0 Å². The summed E-state index contributed by atoms with van der Waals surface area (Å²) >= 11 is 5.84. The van der Waals surface area contributed by atoms with E-state index in [0.29, 0.717) is 5.02 Å². The van der Waals surface area contributed by atoms with Crippen LogP contribution in [0.5, 0.6) is 0 Å². The van der Waals surface area contributed by atoms with Crippen LogP contribution in [0.4, 0.5) is 5.69 Å². The maximum atomic E-state index is 12.4. The third kappa shape index (κ3) is 2.69. The van der Waals surface area contributed by atoms with Crippen LogP contribution in [-0.4, -0.2) is 12.5 Å². The normalized spacial score (nSPS) is 17.4. The molecule has 0 unspecified atom stereocenters. The van der Waals surface area contributed by atoms with E-state index >= 15 is 0 Å². The number of carbonyl (C=O) groups excluding carboxylic acids is 1. The SMILES string of the molecule is O=C(Nc1ccc(Cl)cc1)[C@@H]1NCCc2ccccc21. The minimum absolute atomic E-state index is 0.0422. The lowest BCUT2D eigenvalue weighted by Gasteiger charge is -2.26. The summed E-state index contributed by atoms with van der Waals surface area (Å²) in [4.78, 5) is 12.4. The Morgan fingerprint density at radius 1 is 1.15 bits per heavy atom. The number of halogens is 1. The average molecular weight is 287 g/mol. The Labute approximate surface area is 123 Å². The zero-order chi connectivity index (χ0) is 13.9. The third-order valence-corrected chi connectivity index (χ3v) is 3.73. The largest absolute Gasteiger partial charge is 0.324 e. The lowest BCUT2D eigenvalue weighted by atomic mass is 9.94. The molecule has 1 heterocycles. The smallest absolute Gasteiger partial charge is 0.246 e. The number of hydrogen-bond acceptors (Lipinski definition) is 2. The maximum absolute atomic E-state index is 12.4. The number of hydrogen-bond donors (Lipinski definition) is 2. The van der Waals surface area contributed by atoms with Crippen LogP contribution in [0, 0.1) is 0 Å². The van der Waals surface area contributed by atoms with E-state index in [1.165, 1.54) is 5.56 Å². The Bertz CT molecular complexity index is 625. The highest BCUT2D eigenvalue weighted by Gasteiger charge is 2.25. The third-order valence-electron chi connectivity index (χ3n) is 3.48. The molecule has 2 aromatic carbocycles. The van der Waals surface area contributed by atoms with Gasteiger partial charge in [0.2, 0.25) is 5.91 Å². The molecule has 1 atom stereocenters. The molecule has 4 heteroatoms. The predicted octanol–water partition coefficient (Wildman–Crippen LogP) is 3.17. The zero-order valence-electron chi connectivity index (χ0n) is 10.9. The Hall–Kier alpha value is -1.84. The van der Waals surface area contributed by atoms with Crippen molar-refractivity contribution in [3.05, 3.63) is 64.7 Å². The number of benzene rings is 2. The van der Waals surface area contributed by atoms with E-state index in [9.17, 15) is 4.79 Å². The van der Waals surface area contributed by atoms with Crippen LogP contribution >= 0.6 is 11.6 Å². The molecule has 3 rings (SSSR count). The average Bonchev–Trinajstić information content (AvgIpc) is 2.49. The van der Waals surface area contributed by atoms with Crippen LogP contribution < -0.4 is 10.6 Å². The van der Waals surface area contributed by atoms with Gasteiger partial charge < -0.3 is 10.6 Å². The van der Waals surface area contributed by atoms with Crippen molar-refractivity contribution in [2.24, 2.45) is 0 Å². The number of amides is 1. The van der Waals surface area contributed by atoms with Gasteiger partial charge in [-0.2, -0.15) is 0 Å². The van der Waals surface area contributed by atoms with E-state index in [2.05, 4.69) is 16.7 Å². The van der Waals surface area contributed by atoms with E-state index in [1.54, 1.807) is 24.3 Å². The van der Waals surface area contributed by atoms with Crippen molar-refractivity contribution in [2.75, 3.05) is 11.9 Å². The Kier molecular flexibility index (Phi) is 3.72. The van der Waals surface area contributed by atoms with Crippen LogP contribution in [0.3, 0.4) is 0 Å². The van der Waals surface area contributed by atoms with E-state index in [0.717, 1.165) is 24.2 Å². The highest BCUT2D eigenvalue weighted by atomic mass is 35.5. The standard InChI is InChI=1S/C16H15ClN2O/c17-12-5-7-13(8-6-12)19-16(20)15-14-4-2-1-3-11(14)9-10-18-15/h1-8,15,18H,9-10H2,(H,19,20)/t15-/m1/s1. The summed E-state index contributed by atoms with van der Waals surface area (Å²) in [6.45, 7) is 0.815. The van der Waals surface area contributed by atoms with Crippen LogP contribution in [0.1, 0.15) is 17.2 Å². The van der Waals surface area contributed by atoms with Crippen molar-refractivity contribution in [3.8, 4) is 0 Å². The number of fused-ring (bicyclic) bond motifs is 1. The molecule has 2 N–H and O–H groups in total. The first-order valence-electron chi connectivity index (χ1n) is 6.61. The van der Waals surface area contributed by atoms with Crippen molar-refractivity contribution in [2.45, 2.75) is 12.5 Å². The first-order chi connectivity index (χ1) is 9.74. The van der Waals surface area contributed by atoms with Gasteiger partial charge in [0.1, 0.15) is 6.04 Å². The van der Waals surface area contributed by atoms with Crippen LogP contribution in [-0.2, 0) is 11.2 Å². The molecule has 3 nitrogen and oxygen atoms in total. The summed E-state index contributed by atoms with van der Waals surface area (Å²) in [5.41, 5.74) is 3.05. The Morgan fingerprint density at radius 3 is 2.70 bits per heavy atom. The Morgan fingerprint density at radius 2 is 1.90 bits per heavy atom. The number of nitrogens with one attached hydrogen (secondary N) is 2. The second-order valence-electron chi connectivity index (χ2n) is 4.83. The minimum atomic E-state index is -0.296. The quantitative estimate of drug-likeness (QED) is 0.890. The van der Waals surface area contributed by atoms with Gasteiger partial charge >= 0.3 is 0 Å². The zero-order valence-corrected chi connectivity index (χ0v) is 11.7. The Balaban J connectivity index is 1.80. The first-order valence-corrected chi connectivity index (χ1v) is 6.99. The molecule has 0 aliphatic carbocycles. The minimum Gasteiger partial charge on any atom is -0.324 e. The highest BCUT2D eigenvalue weighted by Crippen LogP contribution is 2.24. The van der Waals surface area contributed by atoms with Crippen molar-refractivity contribution in [1.82, 2.24) is 5.32 Å². The molecule has 1 amide bonds. The second-order valence-corrected chi connectivity index (χ2v) is 5.27. The van der Waals surface area contributed by atoms with Crippen molar-refractivity contribution in [3.63, 3.8) is 0 Å². The molecule has 1 aliphatic heterocycles. The van der Waals surface area contributed by atoms with Crippen LogP contribution in [0.2, 0.25) is 5.02 Å². The molecule has 2 aromatic rings. The molecule has 0 radical (unpaired) electrons. The fourth-order valence-corrected chi connectivity index (χ4v) is 2.61. The van der Waals surface area contributed by atoms with Crippen molar-refractivity contribution >= 4 is 23.2 Å². The predicted molar refractivity (Wildman–Crippen MR) is 81.0 cm³/mol. The van der Waals surface area contributed by atoms with Gasteiger partial charge in [0.15, 0.2) is 0 Å². The van der Waals surface area contributed by atoms with Gasteiger partial charge in [-0.25, -0.2) is 0 Å². The summed E-state index contributed by atoms with van der Waals surface area (Å²) in [5.74, 6) is -0.0422. The van der Waals surface area contributed by atoms with Gasteiger partial charge in [-0.05, 0) is 41.8 Å². The summed E-state index contributed by atoms with van der Waals surface area (Å²) < 4.78 is 0. The molecule has 20 heavy (non-hydrogen) atoms. The van der Waals surface area contributed by atoms with Gasteiger partial charge in [-0.3, -0.25) is 4.79 Å². The van der Waals surface area contributed by atoms with E-state index in [-0.39, 0.29) is 11.9 Å². The van der Waals surface area contributed by atoms with Crippen molar-refractivity contribution in [1.29, 1.82) is 0 Å². The molecule has 0 bridgehead atoms. The molecule has 1 aliphatic rings. The van der Waals surface area contributed by atoms with Gasteiger partial charge in [-0.1, -0.05) is 35.9 Å². The molecule has 102 valence electrons. The molecular weight excluding hydrogens is 272 g/mol. The number of rotatable bonds is 2. The van der Waals surface area contributed by atoms with Gasteiger partial charge in [-0.15, -0.1) is 0 Å². The van der Waals surface area contributed by atoms with E-state index in [4.69, 9.17) is 11.6 Å². The van der Waals surface area contributed by atoms with Crippen LogP contribution in [0.25, 0.3) is 0 Å². The van der Waals surface area contributed by atoms with E-state index < -0.39 is 0 Å². The summed E-state index contributed by atoms with van der Waals surface area (Å²) in [5, 5.41) is 6.84. The molecule has 0 fully saturated rings. The monoisotopic (exact) mass is 286 g/mol. The summed E-state index contributed by atoms with van der Waals surface area (Å²) in [6.07, 6.45) is 0.959. The fraction of sp³-hybridized carbons (Fsp3) is 0.188. The lowest BCUT2D eigenvalue weighted by molar-refractivity contribution is -0.118. The molecular formula is C16H15ClN2O. The maximum Gasteiger partial charge on any atom is 0.246 e. The first kappa shape index (κ1) is 13.2. The molecule has 0 saturated heterocycles. The highest BCUT2D eigenvalue weighted by molar-refractivity contribution is 6.30. The molecule has 0 spiro atoms. The van der Waals surface area contributed by atoms with E-state index in [1.807, 2.05) is 18.2 Å². The van der Waals surface area contributed by atoms with Gasteiger partial charge in [0.05, 0.1) is 0 Å². The van der Waals surface area contributed by atoms with Gasteiger partial charge in [0, 0.05) is 17.3 Å². The summed E-state index contributed by atoms with van der Waals surface area (Å²) in [7, 11) is 0. The molecule has 0 saturated carbocycles.